The lowest BCUT2D eigenvalue weighted by molar-refractivity contribution is -0.274. The van der Waals surface area contributed by atoms with Gasteiger partial charge in [-0.1, -0.05) is 71.1 Å². The van der Waals surface area contributed by atoms with Crippen molar-refractivity contribution in [1.82, 2.24) is 4.98 Å². The number of hydrogen-bond acceptors (Lipinski definition) is 2. The van der Waals surface area contributed by atoms with Crippen molar-refractivity contribution >= 4 is 22.6 Å². The van der Waals surface area contributed by atoms with E-state index >= 15 is 0 Å². The Bertz CT molecular complexity index is 913. The van der Waals surface area contributed by atoms with Crippen molar-refractivity contribution in [3.05, 3.63) is 95.3 Å². The molecule has 1 atom stereocenters. The van der Waals surface area contributed by atoms with Crippen molar-refractivity contribution in [2.75, 3.05) is 0 Å². The van der Waals surface area contributed by atoms with Gasteiger partial charge >= 0.3 is 6.36 Å². The standard InChI is InChI=1S/C22H19F3INO/c1-21(13-16-6-3-2-4-7-16,20-11-10-17(14-26)15-27-20)18-8-5-9-19(12-18)28-22(23,24)25/h2-12,15H,13-14H2,1H3/t21-/m0/s1. The van der Waals surface area contributed by atoms with Crippen molar-refractivity contribution in [1.29, 1.82) is 0 Å². The van der Waals surface area contributed by atoms with Crippen LogP contribution in [-0.4, -0.2) is 11.3 Å². The normalized spacial score (nSPS) is 13.8. The van der Waals surface area contributed by atoms with E-state index in [4.69, 9.17) is 0 Å². The monoisotopic (exact) mass is 497 g/mol. The summed E-state index contributed by atoms with van der Waals surface area (Å²) >= 11 is 2.27. The van der Waals surface area contributed by atoms with Crippen LogP contribution in [0.3, 0.4) is 0 Å². The summed E-state index contributed by atoms with van der Waals surface area (Å²) in [4.78, 5) is 4.63. The summed E-state index contributed by atoms with van der Waals surface area (Å²) in [5.41, 5.74) is 3.07. The average Bonchev–Trinajstić information content (AvgIpc) is 2.67. The van der Waals surface area contributed by atoms with Crippen molar-refractivity contribution in [3.8, 4) is 5.75 Å². The molecule has 1 heterocycles. The second-order valence-electron chi connectivity index (χ2n) is 6.76. The maximum absolute atomic E-state index is 12.7. The minimum atomic E-state index is -4.73. The van der Waals surface area contributed by atoms with Gasteiger partial charge in [0.05, 0.1) is 5.69 Å². The molecule has 6 heteroatoms. The number of nitrogens with zero attached hydrogens (tertiary/aromatic N) is 1. The first-order chi connectivity index (χ1) is 13.3. The molecule has 146 valence electrons. The molecule has 0 bridgehead atoms. The number of halogens is 4. The highest BCUT2D eigenvalue weighted by atomic mass is 127. The third-order valence-corrected chi connectivity index (χ3v) is 5.53. The number of rotatable bonds is 6. The van der Waals surface area contributed by atoms with Crippen molar-refractivity contribution in [2.45, 2.75) is 29.5 Å². The Morgan fingerprint density at radius 1 is 0.929 bits per heavy atom. The van der Waals surface area contributed by atoms with E-state index in [1.54, 1.807) is 6.07 Å². The molecule has 0 aliphatic heterocycles. The third kappa shape index (κ3) is 5.04. The summed E-state index contributed by atoms with van der Waals surface area (Å²) in [7, 11) is 0. The van der Waals surface area contributed by atoms with E-state index in [2.05, 4.69) is 32.3 Å². The number of ether oxygens (including phenoxy) is 1. The van der Waals surface area contributed by atoms with Gasteiger partial charge in [-0.25, -0.2) is 0 Å². The third-order valence-electron chi connectivity index (χ3n) is 4.65. The SMILES string of the molecule is C[C@](Cc1ccccc1)(c1cccc(OC(F)(F)F)c1)c1ccc(CI)cn1. The Hall–Kier alpha value is -2.09. The van der Waals surface area contributed by atoms with E-state index < -0.39 is 11.8 Å². The van der Waals surface area contributed by atoms with Crippen LogP contribution in [0, 0.1) is 0 Å². The molecule has 0 saturated carbocycles. The van der Waals surface area contributed by atoms with Gasteiger partial charge in [0, 0.05) is 16.0 Å². The zero-order chi connectivity index (χ0) is 20.2. The zero-order valence-corrected chi connectivity index (χ0v) is 17.4. The molecule has 2 nitrogen and oxygen atoms in total. The summed E-state index contributed by atoms with van der Waals surface area (Å²) < 4.78 is 43.0. The number of benzene rings is 2. The van der Waals surface area contributed by atoms with Gasteiger partial charge in [-0.05, 0) is 48.2 Å². The van der Waals surface area contributed by atoms with Crippen molar-refractivity contribution in [3.63, 3.8) is 0 Å². The second-order valence-corrected chi connectivity index (χ2v) is 7.52. The van der Waals surface area contributed by atoms with Crippen molar-refractivity contribution < 1.29 is 17.9 Å². The quantitative estimate of drug-likeness (QED) is 0.288. The fraction of sp³-hybridized carbons (Fsp3) is 0.227. The molecule has 0 aliphatic rings. The van der Waals surface area contributed by atoms with Gasteiger partial charge in [0.25, 0.3) is 0 Å². The van der Waals surface area contributed by atoms with Crippen LogP contribution in [0.5, 0.6) is 5.75 Å². The van der Waals surface area contributed by atoms with E-state index in [9.17, 15) is 13.2 Å². The number of alkyl halides is 4. The predicted octanol–water partition coefficient (Wildman–Crippen LogP) is 6.46. The molecule has 28 heavy (non-hydrogen) atoms. The second kappa shape index (κ2) is 8.51. The number of aromatic nitrogens is 1. The van der Waals surface area contributed by atoms with Gasteiger partial charge in [0.15, 0.2) is 0 Å². The van der Waals surface area contributed by atoms with Gasteiger partial charge in [-0.2, -0.15) is 0 Å². The first kappa shape index (κ1) is 20.6. The van der Waals surface area contributed by atoms with E-state index in [1.165, 1.54) is 12.1 Å². The summed E-state index contributed by atoms with van der Waals surface area (Å²) in [6.45, 7) is 2.00. The molecule has 0 fully saturated rings. The van der Waals surface area contributed by atoms with Crippen LogP contribution in [-0.2, 0) is 16.3 Å². The van der Waals surface area contributed by atoms with Gasteiger partial charge in [0.2, 0.25) is 0 Å². The minimum Gasteiger partial charge on any atom is -0.406 e. The topological polar surface area (TPSA) is 22.1 Å². The van der Waals surface area contributed by atoms with E-state index in [1.807, 2.05) is 61.7 Å². The molecule has 3 aromatic rings. The number of pyridine rings is 1. The Morgan fingerprint density at radius 3 is 2.29 bits per heavy atom. The molecule has 0 saturated heterocycles. The molecule has 0 aliphatic carbocycles. The Kier molecular flexibility index (Phi) is 6.27. The Morgan fingerprint density at radius 2 is 1.68 bits per heavy atom. The molecule has 1 aromatic heterocycles. The van der Waals surface area contributed by atoms with Crippen LogP contribution >= 0.6 is 22.6 Å². The van der Waals surface area contributed by atoms with E-state index in [-0.39, 0.29) is 5.75 Å². The molecule has 0 N–H and O–H groups in total. The van der Waals surface area contributed by atoms with Gasteiger partial charge in [-0.15, -0.1) is 13.2 Å². The zero-order valence-electron chi connectivity index (χ0n) is 15.2. The average molecular weight is 497 g/mol. The van der Waals surface area contributed by atoms with Crippen LogP contribution in [0.1, 0.15) is 29.3 Å². The maximum atomic E-state index is 12.7. The van der Waals surface area contributed by atoms with Gasteiger partial charge in [0.1, 0.15) is 5.75 Å². The lowest BCUT2D eigenvalue weighted by atomic mass is 9.74. The smallest absolute Gasteiger partial charge is 0.406 e. The molecule has 0 radical (unpaired) electrons. The minimum absolute atomic E-state index is 0.229. The van der Waals surface area contributed by atoms with Crippen molar-refractivity contribution in [2.24, 2.45) is 0 Å². The highest BCUT2D eigenvalue weighted by Gasteiger charge is 2.34. The van der Waals surface area contributed by atoms with E-state index in [0.717, 1.165) is 21.2 Å². The van der Waals surface area contributed by atoms with Crippen LogP contribution in [0.2, 0.25) is 0 Å². The summed E-state index contributed by atoms with van der Waals surface area (Å²) in [6, 6.07) is 20.0. The molecule has 0 unspecified atom stereocenters. The molecule has 3 rings (SSSR count). The maximum Gasteiger partial charge on any atom is 0.573 e. The van der Waals surface area contributed by atoms with Gasteiger partial charge in [-0.3, -0.25) is 4.98 Å². The Labute approximate surface area is 175 Å². The lowest BCUT2D eigenvalue weighted by Crippen LogP contribution is -2.28. The summed E-state index contributed by atoms with van der Waals surface area (Å²) in [5, 5.41) is 0. The van der Waals surface area contributed by atoms with E-state index in [0.29, 0.717) is 12.0 Å². The fourth-order valence-corrected chi connectivity index (χ4v) is 3.66. The molecule has 0 amide bonds. The first-order valence-electron chi connectivity index (χ1n) is 8.72. The summed E-state index contributed by atoms with van der Waals surface area (Å²) in [6.07, 6.45) is -2.31. The van der Waals surface area contributed by atoms with Gasteiger partial charge < -0.3 is 4.74 Å². The molecular weight excluding hydrogens is 478 g/mol. The lowest BCUT2D eigenvalue weighted by Gasteiger charge is -2.30. The molecule has 2 aromatic carbocycles. The van der Waals surface area contributed by atoms with Crippen LogP contribution in [0.15, 0.2) is 72.9 Å². The highest BCUT2D eigenvalue weighted by Crippen LogP contribution is 2.37. The van der Waals surface area contributed by atoms with Crippen LogP contribution in [0.4, 0.5) is 13.2 Å². The van der Waals surface area contributed by atoms with Crippen LogP contribution < -0.4 is 4.74 Å². The first-order valence-corrected chi connectivity index (χ1v) is 10.2. The predicted molar refractivity (Wildman–Crippen MR) is 112 cm³/mol. The number of hydrogen-bond donors (Lipinski definition) is 0. The Balaban J connectivity index is 2.06. The summed E-state index contributed by atoms with van der Waals surface area (Å²) in [5.74, 6) is -0.229. The largest absolute Gasteiger partial charge is 0.573 e. The highest BCUT2D eigenvalue weighted by molar-refractivity contribution is 14.1. The molecular formula is C22H19F3INO. The molecule has 0 spiro atoms. The fourth-order valence-electron chi connectivity index (χ4n) is 3.21. The van der Waals surface area contributed by atoms with Crippen LogP contribution in [0.25, 0.3) is 0 Å².